The Morgan fingerprint density at radius 1 is 1.00 bits per heavy atom. The van der Waals surface area contributed by atoms with E-state index in [4.69, 9.17) is 0 Å². The molecule has 0 saturated heterocycles. The lowest BCUT2D eigenvalue weighted by atomic mass is 10.0. The summed E-state index contributed by atoms with van der Waals surface area (Å²) in [5.41, 5.74) is 6.68. The molecule has 3 aromatic heterocycles. The highest BCUT2D eigenvalue weighted by Crippen LogP contribution is 2.27. The quantitative estimate of drug-likeness (QED) is 0.444. The molecule has 8 heteroatoms. The molecular formula is C24H21N7O. The maximum atomic E-state index is 13.1. The fraction of sp³-hybridized carbons (Fsp3) is 0.0833. The highest BCUT2D eigenvalue weighted by molar-refractivity contribution is 6.04. The summed E-state index contributed by atoms with van der Waals surface area (Å²) in [5.74, 6) is -0.198. The molecule has 3 heterocycles. The van der Waals surface area contributed by atoms with Gasteiger partial charge in [0.2, 0.25) is 0 Å². The second-order valence-corrected chi connectivity index (χ2v) is 7.37. The number of amides is 1. The van der Waals surface area contributed by atoms with Gasteiger partial charge in [0.15, 0.2) is 5.65 Å². The fourth-order valence-electron chi connectivity index (χ4n) is 3.62. The van der Waals surface area contributed by atoms with E-state index in [0.29, 0.717) is 11.3 Å². The fourth-order valence-corrected chi connectivity index (χ4v) is 3.62. The zero-order valence-electron chi connectivity index (χ0n) is 17.6. The Labute approximate surface area is 184 Å². The Morgan fingerprint density at radius 2 is 1.81 bits per heavy atom. The molecule has 0 radical (unpaired) electrons. The van der Waals surface area contributed by atoms with Crippen LogP contribution in [-0.4, -0.2) is 44.6 Å². The van der Waals surface area contributed by atoms with Gasteiger partial charge in [0, 0.05) is 49.0 Å². The van der Waals surface area contributed by atoms with Crippen molar-refractivity contribution in [1.29, 1.82) is 0 Å². The smallest absolute Gasteiger partial charge is 0.278 e. The van der Waals surface area contributed by atoms with Crippen LogP contribution in [0.25, 0.3) is 28.0 Å². The molecule has 158 valence electrons. The molecule has 0 unspecified atom stereocenters. The summed E-state index contributed by atoms with van der Waals surface area (Å²) in [4.78, 5) is 23.5. The number of hydrogen-bond acceptors (Lipinski definition) is 5. The Hall–Kier alpha value is -4.46. The van der Waals surface area contributed by atoms with Crippen LogP contribution in [0.3, 0.4) is 0 Å². The van der Waals surface area contributed by atoms with Crippen LogP contribution >= 0.6 is 0 Å². The summed E-state index contributed by atoms with van der Waals surface area (Å²) in [7, 11) is 3.60. The molecular weight excluding hydrogens is 402 g/mol. The standard InChI is InChI=1S/C24H21N7O/c1-25-19-6-8-20(9-7-19)30(2)24(32)21-15-31-22(13-27-23(31)14-26-21)17-5-3-4-16(10-17)18-11-28-29-12-18/h3-15,25H,1-2H3,(H,28,29). The van der Waals surface area contributed by atoms with Gasteiger partial charge in [-0.1, -0.05) is 18.2 Å². The first-order valence-corrected chi connectivity index (χ1v) is 10.1. The van der Waals surface area contributed by atoms with Crippen molar-refractivity contribution in [3.63, 3.8) is 0 Å². The predicted octanol–water partition coefficient (Wildman–Crippen LogP) is 4.10. The minimum Gasteiger partial charge on any atom is -0.388 e. The molecule has 0 aliphatic rings. The van der Waals surface area contributed by atoms with Crippen LogP contribution in [-0.2, 0) is 0 Å². The highest BCUT2D eigenvalue weighted by Gasteiger charge is 2.17. The second-order valence-electron chi connectivity index (χ2n) is 7.37. The van der Waals surface area contributed by atoms with E-state index in [1.54, 1.807) is 36.7 Å². The number of carbonyl (C=O) groups excluding carboxylic acids is 1. The first kappa shape index (κ1) is 19.5. The van der Waals surface area contributed by atoms with E-state index >= 15 is 0 Å². The van der Waals surface area contributed by atoms with Crippen molar-refractivity contribution in [3.8, 4) is 22.4 Å². The van der Waals surface area contributed by atoms with E-state index in [-0.39, 0.29) is 5.91 Å². The summed E-state index contributed by atoms with van der Waals surface area (Å²) >= 11 is 0. The number of imidazole rings is 1. The number of aromatic amines is 1. The third-order valence-corrected chi connectivity index (χ3v) is 5.45. The Balaban J connectivity index is 1.50. The molecule has 1 amide bonds. The summed E-state index contributed by atoms with van der Waals surface area (Å²) in [5, 5.41) is 9.94. The normalized spacial score (nSPS) is 10.9. The average molecular weight is 423 g/mol. The predicted molar refractivity (Wildman–Crippen MR) is 125 cm³/mol. The third kappa shape index (κ3) is 3.47. The first-order valence-electron chi connectivity index (χ1n) is 10.1. The van der Waals surface area contributed by atoms with Crippen molar-refractivity contribution in [2.75, 3.05) is 24.3 Å². The van der Waals surface area contributed by atoms with E-state index in [9.17, 15) is 4.79 Å². The molecule has 2 N–H and O–H groups in total. The zero-order chi connectivity index (χ0) is 22.1. The van der Waals surface area contributed by atoms with Crippen LogP contribution in [0, 0.1) is 0 Å². The van der Waals surface area contributed by atoms with Crippen LogP contribution in [0.15, 0.2) is 79.5 Å². The van der Waals surface area contributed by atoms with E-state index in [1.165, 1.54) is 0 Å². The van der Waals surface area contributed by atoms with E-state index in [0.717, 1.165) is 33.8 Å². The molecule has 5 aromatic rings. The van der Waals surface area contributed by atoms with Gasteiger partial charge in [-0.3, -0.25) is 14.3 Å². The van der Waals surface area contributed by atoms with Gasteiger partial charge in [-0.25, -0.2) is 9.97 Å². The maximum Gasteiger partial charge on any atom is 0.278 e. The van der Waals surface area contributed by atoms with Crippen molar-refractivity contribution in [2.45, 2.75) is 0 Å². The Kier molecular flexibility index (Phi) is 4.87. The molecule has 0 fully saturated rings. The first-order chi connectivity index (χ1) is 15.6. The van der Waals surface area contributed by atoms with E-state index in [2.05, 4.69) is 31.5 Å². The summed E-state index contributed by atoms with van der Waals surface area (Å²) < 4.78 is 1.90. The van der Waals surface area contributed by atoms with Crippen molar-refractivity contribution >= 4 is 22.9 Å². The highest BCUT2D eigenvalue weighted by atomic mass is 16.2. The van der Waals surface area contributed by atoms with Gasteiger partial charge in [0.1, 0.15) is 5.69 Å². The number of carbonyl (C=O) groups is 1. The van der Waals surface area contributed by atoms with Crippen LogP contribution in [0.4, 0.5) is 11.4 Å². The maximum absolute atomic E-state index is 13.1. The summed E-state index contributed by atoms with van der Waals surface area (Å²) in [6.07, 6.45) is 8.79. The molecule has 8 nitrogen and oxygen atoms in total. The van der Waals surface area contributed by atoms with E-state index in [1.807, 2.05) is 60.1 Å². The molecule has 0 aliphatic carbocycles. The Morgan fingerprint density at radius 3 is 2.56 bits per heavy atom. The average Bonchev–Trinajstić information content (AvgIpc) is 3.53. The molecule has 32 heavy (non-hydrogen) atoms. The van der Waals surface area contributed by atoms with Crippen LogP contribution in [0.1, 0.15) is 10.5 Å². The lowest BCUT2D eigenvalue weighted by Gasteiger charge is -2.17. The number of nitrogens with one attached hydrogen (secondary N) is 2. The number of rotatable bonds is 5. The monoisotopic (exact) mass is 423 g/mol. The van der Waals surface area contributed by atoms with Gasteiger partial charge in [0.05, 0.1) is 24.3 Å². The number of nitrogens with zero attached hydrogens (tertiary/aromatic N) is 5. The molecule has 0 spiro atoms. The molecule has 0 atom stereocenters. The van der Waals surface area contributed by atoms with E-state index < -0.39 is 0 Å². The van der Waals surface area contributed by atoms with Crippen LogP contribution < -0.4 is 10.2 Å². The number of H-pyrrole nitrogens is 1. The van der Waals surface area contributed by atoms with Crippen molar-refractivity contribution in [1.82, 2.24) is 24.6 Å². The van der Waals surface area contributed by atoms with Gasteiger partial charge in [-0.05, 0) is 35.9 Å². The van der Waals surface area contributed by atoms with Crippen LogP contribution in [0.5, 0.6) is 0 Å². The van der Waals surface area contributed by atoms with Crippen molar-refractivity contribution in [3.05, 3.63) is 85.2 Å². The molecule has 5 rings (SSSR count). The minimum atomic E-state index is -0.198. The lowest BCUT2D eigenvalue weighted by molar-refractivity contribution is 0.0988. The van der Waals surface area contributed by atoms with Gasteiger partial charge < -0.3 is 10.2 Å². The molecule has 0 saturated carbocycles. The minimum absolute atomic E-state index is 0.198. The van der Waals surface area contributed by atoms with Gasteiger partial charge in [-0.2, -0.15) is 5.10 Å². The lowest BCUT2D eigenvalue weighted by Crippen LogP contribution is -2.27. The van der Waals surface area contributed by atoms with Gasteiger partial charge in [-0.15, -0.1) is 0 Å². The third-order valence-electron chi connectivity index (χ3n) is 5.45. The SMILES string of the molecule is CNc1ccc(N(C)C(=O)c2cn3c(-c4cccc(-c5cn[nH]c5)c4)cnc3cn2)cc1. The number of fused-ring (bicyclic) bond motifs is 1. The molecule has 0 aliphatic heterocycles. The van der Waals surface area contributed by atoms with Crippen molar-refractivity contribution < 1.29 is 4.79 Å². The van der Waals surface area contributed by atoms with Gasteiger partial charge in [0.25, 0.3) is 5.91 Å². The zero-order valence-corrected chi connectivity index (χ0v) is 17.6. The largest absolute Gasteiger partial charge is 0.388 e. The summed E-state index contributed by atoms with van der Waals surface area (Å²) in [6.45, 7) is 0. The van der Waals surface area contributed by atoms with Gasteiger partial charge >= 0.3 is 0 Å². The number of aromatic nitrogens is 5. The van der Waals surface area contributed by atoms with Crippen LogP contribution in [0.2, 0.25) is 0 Å². The topological polar surface area (TPSA) is 91.2 Å². The summed E-state index contributed by atoms with van der Waals surface area (Å²) in [6, 6.07) is 15.8. The second kappa shape index (κ2) is 7.99. The molecule has 0 bridgehead atoms. The number of anilines is 2. The Bertz CT molecular complexity index is 1390. The molecule has 2 aromatic carbocycles. The van der Waals surface area contributed by atoms with Crippen molar-refractivity contribution in [2.24, 2.45) is 0 Å². The number of benzene rings is 2. The number of hydrogen-bond donors (Lipinski definition) is 2.